The van der Waals surface area contributed by atoms with Crippen LogP contribution in [0.1, 0.15) is 15.2 Å². The van der Waals surface area contributed by atoms with Crippen molar-refractivity contribution in [3.8, 4) is 0 Å². The van der Waals surface area contributed by atoms with Crippen LogP contribution in [-0.4, -0.2) is 5.78 Å². The lowest BCUT2D eigenvalue weighted by atomic mass is 10.1. The number of benzene rings is 2. The van der Waals surface area contributed by atoms with Gasteiger partial charge in [0, 0.05) is 11.1 Å². The highest BCUT2D eigenvalue weighted by molar-refractivity contribution is 7.20. The summed E-state index contributed by atoms with van der Waals surface area (Å²) in [6.45, 7) is 0. The molecule has 5 heteroatoms. The number of hydrogen-bond acceptors (Lipinski definition) is 2. The molecule has 3 rings (SSSR count). The molecule has 106 valence electrons. The summed E-state index contributed by atoms with van der Waals surface area (Å²) >= 11 is 1.14. The fourth-order valence-corrected chi connectivity index (χ4v) is 3.11. The SMILES string of the molecule is O=C(Cc1cc(F)ccc1F)c1cc2ccc(F)cc2s1. The van der Waals surface area contributed by atoms with Gasteiger partial charge in [-0.25, -0.2) is 13.2 Å². The Morgan fingerprint density at radius 3 is 2.48 bits per heavy atom. The third-order valence-electron chi connectivity index (χ3n) is 3.12. The molecule has 1 aromatic heterocycles. The lowest BCUT2D eigenvalue weighted by molar-refractivity contribution is 0.0995. The molecule has 21 heavy (non-hydrogen) atoms. The first-order valence-corrected chi connectivity index (χ1v) is 7.01. The van der Waals surface area contributed by atoms with E-state index >= 15 is 0 Å². The highest BCUT2D eigenvalue weighted by atomic mass is 32.1. The molecule has 0 aliphatic carbocycles. The van der Waals surface area contributed by atoms with Crippen molar-refractivity contribution in [2.45, 2.75) is 6.42 Å². The van der Waals surface area contributed by atoms with Gasteiger partial charge >= 0.3 is 0 Å². The Bertz CT molecular complexity index is 839. The zero-order valence-corrected chi connectivity index (χ0v) is 11.5. The van der Waals surface area contributed by atoms with Gasteiger partial charge in [-0.1, -0.05) is 6.07 Å². The van der Waals surface area contributed by atoms with Crippen molar-refractivity contribution in [2.75, 3.05) is 0 Å². The molecule has 0 fully saturated rings. The first-order chi connectivity index (χ1) is 10.0. The molecule has 0 N–H and O–H groups in total. The van der Waals surface area contributed by atoms with E-state index in [-0.39, 0.29) is 23.6 Å². The number of carbonyl (C=O) groups excluding carboxylic acids is 1. The van der Waals surface area contributed by atoms with E-state index in [4.69, 9.17) is 0 Å². The van der Waals surface area contributed by atoms with E-state index in [2.05, 4.69) is 0 Å². The monoisotopic (exact) mass is 306 g/mol. The predicted molar refractivity (Wildman–Crippen MR) is 76.2 cm³/mol. The van der Waals surface area contributed by atoms with Gasteiger partial charge in [0.1, 0.15) is 17.5 Å². The Hall–Kier alpha value is -2.14. The van der Waals surface area contributed by atoms with Gasteiger partial charge in [0.2, 0.25) is 0 Å². The maximum absolute atomic E-state index is 13.5. The smallest absolute Gasteiger partial charge is 0.177 e. The fourth-order valence-electron chi connectivity index (χ4n) is 2.08. The van der Waals surface area contributed by atoms with Crippen molar-refractivity contribution in [3.05, 3.63) is 70.4 Å². The number of rotatable bonds is 3. The number of hydrogen-bond donors (Lipinski definition) is 0. The number of fused-ring (bicyclic) bond motifs is 1. The normalized spacial score (nSPS) is 11.0. The van der Waals surface area contributed by atoms with Crippen molar-refractivity contribution in [3.63, 3.8) is 0 Å². The lowest BCUT2D eigenvalue weighted by Crippen LogP contribution is -2.03. The molecule has 1 nitrogen and oxygen atoms in total. The summed E-state index contributed by atoms with van der Waals surface area (Å²) in [6.07, 6.45) is -0.223. The number of halogens is 3. The molecule has 0 saturated carbocycles. The summed E-state index contributed by atoms with van der Waals surface area (Å²) in [5.41, 5.74) is 0.0173. The second kappa shape index (κ2) is 5.33. The molecule has 0 aliphatic rings. The summed E-state index contributed by atoms with van der Waals surface area (Å²) in [4.78, 5) is 12.6. The van der Waals surface area contributed by atoms with Crippen LogP contribution in [0.15, 0.2) is 42.5 Å². The summed E-state index contributed by atoms with van der Waals surface area (Å²) < 4.78 is 40.4. The van der Waals surface area contributed by atoms with E-state index in [1.807, 2.05) is 0 Å². The molecule has 0 spiro atoms. The Kier molecular flexibility index (Phi) is 3.51. The van der Waals surface area contributed by atoms with Crippen LogP contribution < -0.4 is 0 Å². The molecular weight excluding hydrogens is 297 g/mol. The average Bonchev–Trinajstić information content (AvgIpc) is 2.86. The lowest BCUT2D eigenvalue weighted by Gasteiger charge is -2.01. The van der Waals surface area contributed by atoms with Gasteiger partial charge in [-0.15, -0.1) is 11.3 Å². The molecule has 0 unspecified atom stereocenters. The van der Waals surface area contributed by atoms with Crippen LogP contribution >= 0.6 is 11.3 Å². The van der Waals surface area contributed by atoms with Gasteiger partial charge in [-0.2, -0.15) is 0 Å². The van der Waals surface area contributed by atoms with Crippen molar-refractivity contribution in [1.29, 1.82) is 0 Å². The predicted octanol–water partition coefficient (Wildman–Crippen LogP) is 4.74. The van der Waals surface area contributed by atoms with Crippen LogP contribution in [0, 0.1) is 17.5 Å². The highest BCUT2D eigenvalue weighted by Crippen LogP contribution is 2.27. The fraction of sp³-hybridized carbons (Fsp3) is 0.0625. The largest absolute Gasteiger partial charge is 0.293 e. The van der Waals surface area contributed by atoms with Crippen molar-refractivity contribution in [1.82, 2.24) is 0 Å². The summed E-state index contributed by atoms with van der Waals surface area (Å²) in [7, 11) is 0. The second-order valence-electron chi connectivity index (χ2n) is 4.63. The molecular formula is C16H9F3OS. The zero-order valence-electron chi connectivity index (χ0n) is 10.7. The quantitative estimate of drug-likeness (QED) is 0.639. The minimum atomic E-state index is -0.614. The number of ketones is 1. The van der Waals surface area contributed by atoms with Gasteiger partial charge in [0.05, 0.1) is 4.88 Å². The van der Waals surface area contributed by atoms with Crippen LogP contribution in [0.3, 0.4) is 0 Å². The maximum Gasteiger partial charge on any atom is 0.177 e. The van der Waals surface area contributed by atoms with Crippen molar-refractivity contribution in [2.24, 2.45) is 0 Å². The van der Waals surface area contributed by atoms with Crippen LogP contribution in [0.5, 0.6) is 0 Å². The summed E-state index contributed by atoms with van der Waals surface area (Å²) in [5, 5.41) is 0.754. The van der Waals surface area contributed by atoms with E-state index in [0.717, 1.165) is 34.9 Å². The van der Waals surface area contributed by atoms with E-state index < -0.39 is 11.6 Å². The molecule has 3 aromatic rings. The first kappa shape index (κ1) is 13.8. The summed E-state index contributed by atoms with van der Waals surface area (Å²) in [6, 6.07) is 8.90. The molecule has 2 aromatic carbocycles. The Morgan fingerprint density at radius 1 is 0.952 bits per heavy atom. The molecule has 0 aliphatic heterocycles. The van der Waals surface area contributed by atoms with Crippen molar-refractivity contribution < 1.29 is 18.0 Å². The van der Waals surface area contributed by atoms with E-state index in [0.29, 0.717) is 9.58 Å². The standard InChI is InChI=1S/C16H9F3OS/c17-11-3-4-13(19)10(5-11)6-14(20)16-7-9-1-2-12(18)8-15(9)21-16/h1-5,7-8H,6H2. The number of carbonyl (C=O) groups is 1. The highest BCUT2D eigenvalue weighted by Gasteiger charge is 2.14. The van der Waals surface area contributed by atoms with Gasteiger partial charge in [0.15, 0.2) is 5.78 Å². The zero-order chi connectivity index (χ0) is 15.0. The van der Waals surface area contributed by atoms with Crippen LogP contribution in [0.25, 0.3) is 10.1 Å². The molecule has 0 atom stereocenters. The first-order valence-electron chi connectivity index (χ1n) is 6.19. The molecule has 0 saturated heterocycles. The Labute approximate surface area is 122 Å². The van der Waals surface area contributed by atoms with Crippen LogP contribution in [0.4, 0.5) is 13.2 Å². The van der Waals surface area contributed by atoms with E-state index in [1.165, 1.54) is 12.1 Å². The third-order valence-corrected chi connectivity index (χ3v) is 4.25. The van der Waals surface area contributed by atoms with E-state index in [1.54, 1.807) is 12.1 Å². The van der Waals surface area contributed by atoms with Crippen LogP contribution in [-0.2, 0) is 6.42 Å². The molecule has 0 amide bonds. The Morgan fingerprint density at radius 2 is 1.67 bits per heavy atom. The number of thiophene rings is 1. The van der Waals surface area contributed by atoms with Gasteiger partial charge in [-0.05, 0) is 47.3 Å². The number of Topliss-reactive ketones (excluding diaryl/α,β-unsaturated/α-hetero) is 1. The third kappa shape index (κ3) is 2.83. The van der Waals surface area contributed by atoms with Crippen molar-refractivity contribution >= 4 is 27.2 Å². The van der Waals surface area contributed by atoms with Gasteiger partial charge < -0.3 is 0 Å². The second-order valence-corrected chi connectivity index (χ2v) is 5.71. The average molecular weight is 306 g/mol. The molecule has 0 bridgehead atoms. The maximum atomic E-state index is 13.5. The van der Waals surface area contributed by atoms with E-state index in [9.17, 15) is 18.0 Å². The minimum absolute atomic E-state index is 0.0173. The summed E-state index contributed by atoms with van der Waals surface area (Å²) in [5.74, 6) is -1.89. The Balaban J connectivity index is 1.91. The van der Waals surface area contributed by atoms with Gasteiger partial charge in [-0.3, -0.25) is 4.79 Å². The molecule has 0 radical (unpaired) electrons. The topological polar surface area (TPSA) is 17.1 Å². The van der Waals surface area contributed by atoms with Crippen LogP contribution in [0.2, 0.25) is 0 Å². The molecule has 1 heterocycles. The van der Waals surface area contributed by atoms with Gasteiger partial charge in [0.25, 0.3) is 0 Å². The minimum Gasteiger partial charge on any atom is -0.293 e.